The van der Waals surface area contributed by atoms with Crippen LogP contribution >= 0.6 is 11.3 Å². The van der Waals surface area contributed by atoms with Gasteiger partial charge in [0.25, 0.3) is 0 Å². The van der Waals surface area contributed by atoms with Crippen molar-refractivity contribution < 1.29 is 18.3 Å². The molecule has 1 N–H and O–H groups in total. The zero-order valence-corrected chi connectivity index (χ0v) is 7.27. The Labute approximate surface area is 77.1 Å². The highest BCUT2D eigenvalue weighted by Gasteiger charge is 2.36. The van der Waals surface area contributed by atoms with Gasteiger partial charge < -0.3 is 5.11 Å². The number of alkyl halides is 3. The molecule has 1 heterocycles. The lowest BCUT2D eigenvalue weighted by molar-refractivity contribution is -0.187. The number of hydrogen-bond acceptors (Lipinski definition) is 2. The molecule has 0 aliphatic carbocycles. The second-order valence-corrected chi connectivity index (χ2v) is 3.34. The standard InChI is InChI=1S/C8H7F3OS/c9-8(10,11)7(12)4-3-6-2-1-5-13-6/h1-5,7,12H/b4-3+/t7-/m0/s1. The Balaban J connectivity index is 2.59. The molecule has 0 aromatic carbocycles. The average Bonchev–Trinajstić information content (AvgIpc) is 2.50. The van der Waals surface area contributed by atoms with E-state index in [0.29, 0.717) is 4.88 Å². The fourth-order valence-corrected chi connectivity index (χ4v) is 1.31. The summed E-state index contributed by atoms with van der Waals surface area (Å²) in [4.78, 5) is 0.684. The van der Waals surface area contributed by atoms with Crippen molar-refractivity contribution in [3.8, 4) is 0 Å². The first-order valence-electron chi connectivity index (χ1n) is 3.46. The fraction of sp³-hybridized carbons (Fsp3) is 0.250. The minimum absolute atomic E-state index is 0.684. The summed E-state index contributed by atoms with van der Waals surface area (Å²) in [5.41, 5.74) is 0. The molecule has 0 aliphatic heterocycles. The molecule has 0 bridgehead atoms. The van der Waals surface area contributed by atoms with Crippen molar-refractivity contribution in [2.24, 2.45) is 0 Å². The van der Waals surface area contributed by atoms with Gasteiger partial charge in [-0.25, -0.2) is 0 Å². The van der Waals surface area contributed by atoms with Crippen molar-refractivity contribution in [2.75, 3.05) is 0 Å². The van der Waals surface area contributed by atoms with Gasteiger partial charge in [-0.2, -0.15) is 13.2 Å². The SMILES string of the molecule is O[C@@H](/C=C/c1cccs1)C(F)(F)F. The first-order valence-corrected chi connectivity index (χ1v) is 4.34. The van der Waals surface area contributed by atoms with Crippen LogP contribution in [0.2, 0.25) is 0 Å². The van der Waals surface area contributed by atoms with E-state index in [1.54, 1.807) is 17.5 Å². The number of halogens is 3. The summed E-state index contributed by atoms with van der Waals surface area (Å²) in [6, 6.07) is 3.40. The van der Waals surface area contributed by atoms with E-state index in [-0.39, 0.29) is 0 Å². The van der Waals surface area contributed by atoms with Crippen LogP contribution in [0, 0.1) is 0 Å². The fourth-order valence-electron chi connectivity index (χ4n) is 0.681. The lowest BCUT2D eigenvalue weighted by Crippen LogP contribution is -2.25. The summed E-state index contributed by atoms with van der Waals surface area (Å²) < 4.78 is 35.3. The highest BCUT2D eigenvalue weighted by atomic mass is 32.1. The van der Waals surface area contributed by atoms with Gasteiger partial charge in [0.1, 0.15) is 0 Å². The molecule has 0 unspecified atom stereocenters. The number of rotatable bonds is 2. The monoisotopic (exact) mass is 208 g/mol. The van der Waals surface area contributed by atoms with E-state index in [1.165, 1.54) is 17.4 Å². The molecular weight excluding hydrogens is 201 g/mol. The Morgan fingerprint density at radius 1 is 1.46 bits per heavy atom. The van der Waals surface area contributed by atoms with E-state index in [0.717, 1.165) is 6.08 Å². The predicted octanol–water partition coefficient (Wildman–Crippen LogP) is 2.68. The molecule has 72 valence electrons. The van der Waals surface area contributed by atoms with Crippen LogP contribution < -0.4 is 0 Å². The molecule has 0 saturated heterocycles. The lowest BCUT2D eigenvalue weighted by atomic mass is 10.3. The normalized spacial score (nSPS) is 15.1. The van der Waals surface area contributed by atoms with Crippen LogP contribution in [0.5, 0.6) is 0 Å². The minimum Gasteiger partial charge on any atom is -0.380 e. The molecule has 0 spiro atoms. The Hall–Kier alpha value is -0.810. The van der Waals surface area contributed by atoms with Crippen LogP contribution in [-0.4, -0.2) is 17.4 Å². The van der Waals surface area contributed by atoms with E-state index < -0.39 is 12.3 Å². The molecule has 1 aromatic heterocycles. The summed E-state index contributed by atoms with van der Waals surface area (Å²) >= 11 is 1.31. The van der Waals surface area contributed by atoms with E-state index in [2.05, 4.69) is 0 Å². The molecule has 0 radical (unpaired) electrons. The van der Waals surface area contributed by atoms with Gasteiger partial charge in [0.2, 0.25) is 0 Å². The van der Waals surface area contributed by atoms with Gasteiger partial charge in [-0.15, -0.1) is 11.3 Å². The maximum atomic E-state index is 11.8. The maximum Gasteiger partial charge on any atom is 0.417 e. The molecule has 1 rings (SSSR count). The molecule has 5 heteroatoms. The van der Waals surface area contributed by atoms with E-state index >= 15 is 0 Å². The highest BCUT2D eigenvalue weighted by Crippen LogP contribution is 2.22. The van der Waals surface area contributed by atoms with Crippen LogP contribution in [0.3, 0.4) is 0 Å². The van der Waals surface area contributed by atoms with Crippen LogP contribution in [0.15, 0.2) is 23.6 Å². The van der Waals surface area contributed by atoms with Gasteiger partial charge in [-0.05, 0) is 23.6 Å². The number of aliphatic hydroxyl groups excluding tert-OH is 1. The molecule has 13 heavy (non-hydrogen) atoms. The van der Waals surface area contributed by atoms with E-state index in [4.69, 9.17) is 5.11 Å². The van der Waals surface area contributed by atoms with E-state index in [9.17, 15) is 13.2 Å². The van der Waals surface area contributed by atoms with Crippen LogP contribution in [0.25, 0.3) is 6.08 Å². The number of aliphatic hydroxyl groups is 1. The molecule has 0 aliphatic rings. The minimum atomic E-state index is -4.58. The second kappa shape index (κ2) is 3.93. The van der Waals surface area contributed by atoms with Crippen molar-refractivity contribution >= 4 is 17.4 Å². The summed E-state index contributed by atoms with van der Waals surface area (Å²) in [6.07, 6.45) is -4.97. The van der Waals surface area contributed by atoms with Crippen molar-refractivity contribution in [1.29, 1.82) is 0 Å². The van der Waals surface area contributed by atoms with Crippen molar-refractivity contribution in [2.45, 2.75) is 12.3 Å². The van der Waals surface area contributed by atoms with Gasteiger partial charge in [-0.3, -0.25) is 0 Å². The van der Waals surface area contributed by atoms with Gasteiger partial charge >= 0.3 is 6.18 Å². The molecule has 0 amide bonds. The molecule has 1 atom stereocenters. The molecule has 0 saturated carbocycles. The quantitative estimate of drug-likeness (QED) is 0.792. The third-order valence-electron chi connectivity index (χ3n) is 1.32. The Morgan fingerprint density at radius 2 is 2.15 bits per heavy atom. The average molecular weight is 208 g/mol. The predicted molar refractivity (Wildman–Crippen MR) is 45.4 cm³/mol. The van der Waals surface area contributed by atoms with E-state index in [1.807, 2.05) is 0 Å². The summed E-state index contributed by atoms with van der Waals surface area (Å²) in [5.74, 6) is 0. The maximum absolute atomic E-state index is 11.8. The largest absolute Gasteiger partial charge is 0.417 e. The Kier molecular flexibility index (Phi) is 3.11. The van der Waals surface area contributed by atoms with Crippen molar-refractivity contribution in [3.63, 3.8) is 0 Å². The third-order valence-corrected chi connectivity index (χ3v) is 2.16. The van der Waals surface area contributed by atoms with Crippen molar-refractivity contribution in [1.82, 2.24) is 0 Å². The van der Waals surface area contributed by atoms with Gasteiger partial charge in [0, 0.05) is 4.88 Å². The smallest absolute Gasteiger partial charge is 0.380 e. The van der Waals surface area contributed by atoms with Gasteiger partial charge in [0.15, 0.2) is 6.10 Å². The summed E-state index contributed by atoms with van der Waals surface area (Å²) in [7, 11) is 0. The van der Waals surface area contributed by atoms with Gasteiger partial charge in [0.05, 0.1) is 0 Å². The topological polar surface area (TPSA) is 20.2 Å². The van der Waals surface area contributed by atoms with Crippen LogP contribution in [0.4, 0.5) is 13.2 Å². The van der Waals surface area contributed by atoms with Crippen LogP contribution in [-0.2, 0) is 0 Å². The van der Waals surface area contributed by atoms with Crippen molar-refractivity contribution in [3.05, 3.63) is 28.5 Å². The molecular formula is C8H7F3OS. The zero-order valence-electron chi connectivity index (χ0n) is 6.45. The third kappa shape index (κ3) is 3.20. The first kappa shape index (κ1) is 10.3. The Bertz CT molecular complexity index is 276. The number of hydrogen-bond donors (Lipinski definition) is 1. The second-order valence-electron chi connectivity index (χ2n) is 2.36. The summed E-state index contributed by atoms with van der Waals surface area (Å²) in [5, 5.41) is 10.3. The highest BCUT2D eigenvalue weighted by molar-refractivity contribution is 7.10. The van der Waals surface area contributed by atoms with Gasteiger partial charge in [-0.1, -0.05) is 6.07 Å². The molecule has 1 aromatic rings. The first-order chi connectivity index (χ1) is 6.00. The van der Waals surface area contributed by atoms with Crippen LogP contribution in [0.1, 0.15) is 4.88 Å². The number of thiophene rings is 1. The Morgan fingerprint density at radius 3 is 2.62 bits per heavy atom. The molecule has 0 fully saturated rings. The summed E-state index contributed by atoms with van der Waals surface area (Å²) in [6.45, 7) is 0. The zero-order chi connectivity index (χ0) is 9.90. The molecule has 1 nitrogen and oxygen atoms in total. The lowest BCUT2D eigenvalue weighted by Gasteiger charge is -2.08.